The highest BCUT2D eigenvalue weighted by molar-refractivity contribution is 5.92. The number of rotatable bonds is 4. The predicted octanol–water partition coefficient (Wildman–Crippen LogP) is 2.24. The van der Waals surface area contributed by atoms with E-state index in [9.17, 15) is 9.18 Å². The largest absolute Gasteiger partial charge is 0.347 e. The fourth-order valence-electron chi connectivity index (χ4n) is 3.35. The molecule has 1 atom stereocenters. The van der Waals surface area contributed by atoms with Gasteiger partial charge in [-0.25, -0.2) is 4.39 Å². The average molecular weight is 322 g/mol. The number of benzene rings is 1. The van der Waals surface area contributed by atoms with Crippen molar-refractivity contribution in [3.8, 4) is 0 Å². The second-order valence-electron chi connectivity index (χ2n) is 6.32. The number of ether oxygens (including phenoxy) is 2. The normalized spacial score (nSPS) is 24.5. The lowest BCUT2D eigenvalue weighted by atomic mass is 9.90. The van der Waals surface area contributed by atoms with E-state index in [0.717, 1.165) is 25.9 Å². The van der Waals surface area contributed by atoms with Crippen LogP contribution < -0.4 is 5.32 Å². The maximum Gasteiger partial charge on any atom is 0.238 e. The summed E-state index contributed by atoms with van der Waals surface area (Å²) in [5, 5.41) is 2.63. The highest BCUT2D eigenvalue weighted by Gasteiger charge is 2.41. The average Bonchev–Trinajstić information content (AvgIpc) is 2.98. The molecule has 126 valence electrons. The summed E-state index contributed by atoms with van der Waals surface area (Å²) >= 11 is 0. The number of hydrogen-bond donors (Lipinski definition) is 1. The molecule has 1 aromatic rings. The Kier molecular flexibility index (Phi) is 4.94. The summed E-state index contributed by atoms with van der Waals surface area (Å²) in [5.41, 5.74) is 0.223. The number of piperidine rings is 1. The molecule has 2 fully saturated rings. The molecule has 0 radical (unpaired) electrons. The number of para-hydroxylation sites is 1. The van der Waals surface area contributed by atoms with Gasteiger partial charge in [-0.15, -0.1) is 0 Å². The van der Waals surface area contributed by atoms with Crippen LogP contribution in [-0.2, 0) is 14.3 Å². The van der Waals surface area contributed by atoms with Crippen LogP contribution in [0.15, 0.2) is 24.3 Å². The van der Waals surface area contributed by atoms with Gasteiger partial charge in [0, 0.05) is 12.5 Å². The quantitative estimate of drug-likeness (QED) is 0.924. The molecular formula is C17H23FN2O3. The van der Waals surface area contributed by atoms with Crippen LogP contribution in [0.1, 0.15) is 19.8 Å². The van der Waals surface area contributed by atoms with Crippen molar-refractivity contribution >= 4 is 11.6 Å². The predicted molar refractivity (Wildman–Crippen MR) is 84.5 cm³/mol. The topological polar surface area (TPSA) is 50.8 Å². The van der Waals surface area contributed by atoms with Crippen molar-refractivity contribution in [2.75, 3.05) is 38.2 Å². The molecular weight excluding hydrogens is 299 g/mol. The van der Waals surface area contributed by atoms with E-state index in [1.807, 2.05) is 6.92 Å². The molecule has 3 rings (SSSR count). The van der Waals surface area contributed by atoms with E-state index in [1.54, 1.807) is 18.2 Å². The minimum absolute atomic E-state index is 0.200. The lowest BCUT2D eigenvalue weighted by Crippen LogP contribution is -2.48. The van der Waals surface area contributed by atoms with E-state index in [0.29, 0.717) is 13.2 Å². The number of anilines is 1. The monoisotopic (exact) mass is 322 g/mol. The van der Waals surface area contributed by atoms with Crippen LogP contribution in [0.4, 0.5) is 10.1 Å². The Morgan fingerprint density at radius 2 is 2.13 bits per heavy atom. The molecule has 1 amide bonds. The number of likely N-dealkylation sites (tertiary alicyclic amines) is 1. The van der Waals surface area contributed by atoms with Crippen LogP contribution in [0, 0.1) is 11.7 Å². The standard InChI is InChI=1S/C17H23FN2O3/c1-17(22-9-10-23-17)13-5-4-8-20(11-13)12-16(21)19-15-7-3-2-6-14(15)18/h2-3,6-7,13H,4-5,8-12H2,1H3,(H,19,21). The summed E-state index contributed by atoms with van der Waals surface area (Å²) in [6.07, 6.45) is 2.03. The molecule has 2 saturated heterocycles. The van der Waals surface area contributed by atoms with Crippen molar-refractivity contribution in [1.82, 2.24) is 4.90 Å². The van der Waals surface area contributed by atoms with Crippen LogP contribution in [0.25, 0.3) is 0 Å². The molecule has 0 spiro atoms. The maximum absolute atomic E-state index is 13.6. The Hall–Kier alpha value is -1.50. The Morgan fingerprint density at radius 1 is 1.39 bits per heavy atom. The van der Waals surface area contributed by atoms with Crippen molar-refractivity contribution in [2.24, 2.45) is 5.92 Å². The van der Waals surface area contributed by atoms with Gasteiger partial charge in [0.25, 0.3) is 0 Å². The molecule has 2 aliphatic heterocycles. The first-order valence-electron chi connectivity index (χ1n) is 8.11. The van der Waals surface area contributed by atoms with Gasteiger partial charge in [-0.3, -0.25) is 9.69 Å². The van der Waals surface area contributed by atoms with Crippen molar-refractivity contribution < 1.29 is 18.7 Å². The van der Waals surface area contributed by atoms with E-state index in [-0.39, 0.29) is 24.1 Å². The van der Waals surface area contributed by atoms with Crippen molar-refractivity contribution in [3.63, 3.8) is 0 Å². The van der Waals surface area contributed by atoms with Crippen LogP contribution in [-0.4, -0.2) is 49.4 Å². The van der Waals surface area contributed by atoms with E-state index in [4.69, 9.17) is 9.47 Å². The zero-order valence-electron chi connectivity index (χ0n) is 13.4. The Balaban J connectivity index is 1.55. The number of carbonyl (C=O) groups is 1. The van der Waals surface area contributed by atoms with E-state index >= 15 is 0 Å². The minimum Gasteiger partial charge on any atom is -0.347 e. The Labute approximate surface area is 135 Å². The number of hydrogen-bond acceptors (Lipinski definition) is 4. The Morgan fingerprint density at radius 3 is 2.87 bits per heavy atom. The smallest absolute Gasteiger partial charge is 0.238 e. The molecule has 1 aromatic carbocycles. The van der Waals surface area contributed by atoms with Gasteiger partial charge in [-0.2, -0.15) is 0 Å². The van der Waals surface area contributed by atoms with Crippen LogP contribution >= 0.6 is 0 Å². The van der Waals surface area contributed by atoms with E-state index in [1.165, 1.54) is 6.07 Å². The molecule has 23 heavy (non-hydrogen) atoms. The third-order valence-corrected chi connectivity index (χ3v) is 4.62. The summed E-state index contributed by atoms with van der Waals surface area (Å²) in [5.74, 6) is -0.910. The summed E-state index contributed by atoms with van der Waals surface area (Å²) in [4.78, 5) is 14.2. The van der Waals surface area contributed by atoms with Crippen LogP contribution in [0.5, 0.6) is 0 Å². The summed E-state index contributed by atoms with van der Waals surface area (Å²) in [6.45, 7) is 5.09. The first-order valence-corrected chi connectivity index (χ1v) is 8.11. The van der Waals surface area contributed by atoms with E-state index in [2.05, 4.69) is 10.2 Å². The van der Waals surface area contributed by atoms with Crippen molar-refractivity contribution in [1.29, 1.82) is 0 Å². The molecule has 2 aliphatic rings. The van der Waals surface area contributed by atoms with Gasteiger partial charge in [0.1, 0.15) is 5.82 Å². The third kappa shape index (κ3) is 3.88. The number of amides is 1. The second kappa shape index (κ2) is 6.95. The minimum atomic E-state index is -0.541. The number of nitrogens with zero attached hydrogens (tertiary/aromatic N) is 1. The highest BCUT2D eigenvalue weighted by Crippen LogP contribution is 2.33. The fourth-order valence-corrected chi connectivity index (χ4v) is 3.35. The van der Waals surface area contributed by atoms with Gasteiger partial charge < -0.3 is 14.8 Å². The summed E-state index contributed by atoms with van der Waals surface area (Å²) in [6, 6.07) is 6.20. The van der Waals surface area contributed by atoms with Crippen LogP contribution in [0.3, 0.4) is 0 Å². The van der Waals surface area contributed by atoms with Gasteiger partial charge >= 0.3 is 0 Å². The summed E-state index contributed by atoms with van der Waals surface area (Å²) < 4.78 is 25.1. The van der Waals surface area contributed by atoms with E-state index < -0.39 is 11.6 Å². The van der Waals surface area contributed by atoms with Gasteiger partial charge in [-0.05, 0) is 38.4 Å². The molecule has 0 aliphatic carbocycles. The lowest BCUT2D eigenvalue weighted by molar-refractivity contribution is -0.192. The lowest BCUT2D eigenvalue weighted by Gasteiger charge is -2.39. The van der Waals surface area contributed by atoms with Crippen LogP contribution in [0.2, 0.25) is 0 Å². The number of nitrogens with one attached hydrogen (secondary N) is 1. The summed E-state index contributed by atoms with van der Waals surface area (Å²) in [7, 11) is 0. The second-order valence-corrected chi connectivity index (χ2v) is 6.32. The SMILES string of the molecule is CC1(C2CCCN(CC(=O)Nc3ccccc3F)C2)OCCO1. The highest BCUT2D eigenvalue weighted by atomic mass is 19.1. The first-order chi connectivity index (χ1) is 11.1. The van der Waals surface area contributed by atoms with Crippen molar-refractivity contribution in [2.45, 2.75) is 25.6 Å². The molecule has 0 bridgehead atoms. The molecule has 0 aromatic heterocycles. The molecule has 0 saturated carbocycles. The first kappa shape index (κ1) is 16.4. The molecule has 2 heterocycles. The Bertz CT molecular complexity index is 561. The number of carbonyl (C=O) groups excluding carboxylic acids is 1. The third-order valence-electron chi connectivity index (χ3n) is 4.62. The molecule has 1 unspecified atom stereocenters. The number of halogens is 1. The van der Waals surface area contributed by atoms with Crippen molar-refractivity contribution in [3.05, 3.63) is 30.1 Å². The molecule has 6 heteroatoms. The zero-order valence-corrected chi connectivity index (χ0v) is 13.4. The fraction of sp³-hybridized carbons (Fsp3) is 0.588. The van der Waals surface area contributed by atoms with Gasteiger partial charge in [0.15, 0.2) is 5.79 Å². The van der Waals surface area contributed by atoms with Gasteiger partial charge in [0.05, 0.1) is 25.4 Å². The maximum atomic E-state index is 13.6. The molecule has 1 N–H and O–H groups in total. The van der Waals surface area contributed by atoms with Gasteiger partial charge in [-0.1, -0.05) is 12.1 Å². The van der Waals surface area contributed by atoms with Gasteiger partial charge in [0.2, 0.25) is 5.91 Å². The molecule has 5 nitrogen and oxygen atoms in total. The zero-order chi connectivity index (χ0) is 16.3.